The summed E-state index contributed by atoms with van der Waals surface area (Å²) in [5.74, 6) is -1.45. The van der Waals surface area contributed by atoms with E-state index in [1.165, 1.54) is 11.8 Å². The standard InChI is InChI=1S/C24H25F2N4O5P/c1-15(31)28-13-19-14-30(24(32)34-19)17-11-20(25)23(21(26)12-17)29-6-8-36(33,9-7-29)35-18-2-3-22-16(10-18)4-5-27-22/h2-5,10-12,19,27H,6-9,13-14H2,1H3,(H,28,31)/t19-/m0/s1. The van der Waals surface area contributed by atoms with Crippen molar-refractivity contribution in [3.8, 4) is 5.75 Å². The molecular formula is C24H25F2N4O5P. The first-order valence-electron chi connectivity index (χ1n) is 11.5. The molecule has 2 saturated heterocycles. The number of H-pyrrole nitrogens is 1. The Labute approximate surface area is 205 Å². The van der Waals surface area contributed by atoms with Gasteiger partial charge in [0, 0.05) is 49.2 Å². The Morgan fingerprint density at radius 1 is 1.19 bits per heavy atom. The molecule has 0 unspecified atom stereocenters. The number of anilines is 2. The highest BCUT2D eigenvalue weighted by molar-refractivity contribution is 7.59. The van der Waals surface area contributed by atoms with Gasteiger partial charge in [-0.3, -0.25) is 14.3 Å². The highest BCUT2D eigenvalue weighted by Gasteiger charge is 2.36. The number of nitrogens with zero attached hydrogens (tertiary/aromatic N) is 2. The fraction of sp³-hybridized carbons (Fsp3) is 0.333. The van der Waals surface area contributed by atoms with E-state index >= 15 is 8.78 Å². The third kappa shape index (κ3) is 4.88. The minimum Gasteiger partial charge on any atom is -0.443 e. The Morgan fingerprint density at radius 3 is 2.61 bits per heavy atom. The van der Waals surface area contributed by atoms with Gasteiger partial charge in [0.05, 0.1) is 31.1 Å². The number of cyclic esters (lactones) is 1. The molecule has 2 aromatic carbocycles. The molecule has 0 bridgehead atoms. The number of benzene rings is 2. The lowest BCUT2D eigenvalue weighted by Gasteiger charge is -2.34. The summed E-state index contributed by atoms with van der Waals surface area (Å²) in [6, 6.07) is 9.44. The maximum atomic E-state index is 15.1. The van der Waals surface area contributed by atoms with Gasteiger partial charge < -0.3 is 24.5 Å². The van der Waals surface area contributed by atoms with Crippen LogP contribution in [0.15, 0.2) is 42.6 Å². The smallest absolute Gasteiger partial charge is 0.414 e. The first kappa shape index (κ1) is 24.1. The monoisotopic (exact) mass is 518 g/mol. The Kier molecular flexibility index (Phi) is 6.34. The van der Waals surface area contributed by atoms with Crippen molar-refractivity contribution in [1.29, 1.82) is 0 Å². The number of halogens is 2. The molecule has 0 radical (unpaired) electrons. The molecule has 1 aromatic heterocycles. The fourth-order valence-corrected chi connectivity index (χ4v) is 6.47. The Morgan fingerprint density at radius 2 is 1.92 bits per heavy atom. The average Bonchev–Trinajstić information content (AvgIpc) is 3.44. The van der Waals surface area contributed by atoms with Crippen molar-refractivity contribution >= 4 is 41.6 Å². The number of aromatic nitrogens is 1. The van der Waals surface area contributed by atoms with Crippen molar-refractivity contribution in [3.63, 3.8) is 0 Å². The highest BCUT2D eigenvalue weighted by Crippen LogP contribution is 2.50. The minimum atomic E-state index is -3.03. The molecular weight excluding hydrogens is 493 g/mol. The lowest BCUT2D eigenvalue weighted by molar-refractivity contribution is -0.119. The summed E-state index contributed by atoms with van der Waals surface area (Å²) in [5, 5.41) is 3.49. The van der Waals surface area contributed by atoms with E-state index < -0.39 is 31.2 Å². The summed E-state index contributed by atoms with van der Waals surface area (Å²) in [7, 11) is -3.03. The number of carbonyl (C=O) groups excluding carboxylic acids is 2. The van der Waals surface area contributed by atoms with Crippen molar-refractivity contribution in [2.24, 2.45) is 0 Å². The maximum Gasteiger partial charge on any atom is 0.414 e. The van der Waals surface area contributed by atoms with E-state index in [2.05, 4.69) is 10.3 Å². The first-order chi connectivity index (χ1) is 17.2. The van der Waals surface area contributed by atoms with Gasteiger partial charge in [-0.15, -0.1) is 0 Å². The predicted octanol–water partition coefficient (Wildman–Crippen LogP) is 4.08. The van der Waals surface area contributed by atoms with Gasteiger partial charge in [0.15, 0.2) is 11.6 Å². The van der Waals surface area contributed by atoms with Crippen LogP contribution in [0.4, 0.5) is 25.0 Å². The van der Waals surface area contributed by atoms with Crippen LogP contribution in [0.3, 0.4) is 0 Å². The lowest BCUT2D eigenvalue weighted by atomic mass is 10.2. The molecule has 9 nitrogen and oxygen atoms in total. The third-order valence-electron chi connectivity index (χ3n) is 6.30. The van der Waals surface area contributed by atoms with Gasteiger partial charge in [-0.25, -0.2) is 13.6 Å². The van der Waals surface area contributed by atoms with Crippen molar-refractivity contribution in [3.05, 3.63) is 54.2 Å². The van der Waals surface area contributed by atoms with E-state index in [4.69, 9.17) is 9.26 Å². The van der Waals surface area contributed by atoms with E-state index in [0.29, 0.717) is 5.75 Å². The van der Waals surface area contributed by atoms with Crippen LogP contribution >= 0.6 is 7.37 Å². The summed E-state index contributed by atoms with van der Waals surface area (Å²) >= 11 is 0. The topological polar surface area (TPSA) is 104 Å². The molecule has 5 rings (SSSR count). The molecule has 190 valence electrons. The maximum absolute atomic E-state index is 15.1. The van der Waals surface area contributed by atoms with Gasteiger partial charge in [0.25, 0.3) is 7.37 Å². The zero-order valence-electron chi connectivity index (χ0n) is 19.5. The second-order valence-corrected chi connectivity index (χ2v) is 11.6. The molecule has 2 amide bonds. The van der Waals surface area contributed by atoms with Gasteiger partial charge >= 0.3 is 6.09 Å². The number of hydrogen-bond donors (Lipinski definition) is 2. The van der Waals surface area contributed by atoms with Crippen molar-refractivity contribution < 1.29 is 32.2 Å². The zero-order chi connectivity index (χ0) is 25.4. The number of amides is 2. The van der Waals surface area contributed by atoms with Crippen LogP contribution in [0.5, 0.6) is 5.75 Å². The number of hydrogen-bond acceptors (Lipinski definition) is 6. The van der Waals surface area contributed by atoms with Crippen LogP contribution in [-0.2, 0) is 14.1 Å². The van der Waals surface area contributed by atoms with Gasteiger partial charge in [0.2, 0.25) is 5.91 Å². The Hall–Kier alpha value is -3.59. The van der Waals surface area contributed by atoms with E-state index in [9.17, 15) is 14.2 Å². The Balaban J connectivity index is 1.25. The van der Waals surface area contributed by atoms with Crippen LogP contribution in [-0.4, -0.2) is 61.6 Å². The molecule has 2 N–H and O–H groups in total. The molecule has 2 aliphatic rings. The van der Waals surface area contributed by atoms with Gasteiger partial charge in [-0.2, -0.15) is 0 Å². The normalized spacial score (nSPS) is 19.4. The van der Waals surface area contributed by atoms with Crippen LogP contribution in [0.2, 0.25) is 0 Å². The summed E-state index contributed by atoms with van der Waals surface area (Å²) in [6.45, 7) is 1.81. The molecule has 3 heterocycles. The number of nitrogens with one attached hydrogen (secondary N) is 2. The third-order valence-corrected chi connectivity index (χ3v) is 8.61. The molecule has 3 aromatic rings. The van der Waals surface area contributed by atoms with Crippen molar-refractivity contribution in [2.45, 2.75) is 13.0 Å². The van der Waals surface area contributed by atoms with E-state index in [1.54, 1.807) is 18.3 Å². The molecule has 1 atom stereocenters. The number of carbonyl (C=O) groups is 2. The van der Waals surface area contributed by atoms with Crippen LogP contribution in [0.25, 0.3) is 10.9 Å². The molecule has 12 heteroatoms. The molecule has 0 saturated carbocycles. The van der Waals surface area contributed by atoms with E-state index in [-0.39, 0.29) is 55.8 Å². The Bertz CT molecular complexity index is 1340. The molecule has 2 aliphatic heterocycles. The van der Waals surface area contributed by atoms with E-state index in [1.807, 2.05) is 12.1 Å². The number of fused-ring (bicyclic) bond motifs is 1. The second kappa shape index (κ2) is 9.46. The van der Waals surface area contributed by atoms with Gasteiger partial charge in [0.1, 0.15) is 17.5 Å². The predicted molar refractivity (Wildman–Crippen MR) is 131 cm³/mol. The molecule has 0 spiro atoms. The first-order valence-corrected chi connectivity index (χ1v) is 13.5. The average molecular weight is 518 g/mol. The summed E-state index contributed by atoms with van der Waals surface area (Å²) in [6.07, 6.45) is 0.719. The minimum absolute atomic E-state index is 0.0234. The molecule has 0 aliphatic carbocycles. The van der Waals surface area contributed by atoms with Gasteiger partial charge in [-0.05, 0) is 24.3 Å². The van der Waals surface area contributed by atoms with Crippen LogP contribution in [0.1, 0.15) is 6.92 Å². The SMILES string of the molecule is CC(=O)NC[C@H]1CN(c2cc(F)c(N3CCP(=O)(Oc4ccc5[nH]ccc5c4)CC3)c(F)c2)C(=O)O1. The van der Waals surface area contributed by atoms with E-state index in [0.717, 1.165) is 27.9 Å². The van der Waals surface area contributed by atoms with Crippen LogP contribution < -0.4 is 19.6 Å². The largest absolute Gasteiger partial charge is 0.443 e. The molecule has 2 fully saturated rings. The summed E-state index contributed by atoms with van der Waals surface area (Å²) < 4.78 is 54.4. The van der Waals surface area contributed by atoms with Gasteiger partial charge in [-0.1, -0.05) is 0 Å². The summed E-state index contributed by atoms with van der Waals surface area (Å²) in [5.41, 5.74) is 0.728. The zero-order valence-corrected chi connectivity index (χ0v) is 20.4. The fourth-order valence-electron chi connectivity index (χ4n) is 4.47. The number of rotatable bonds is 6. The molecule has 36 heavy (non-hydrogen) atoms. The second-order valence-electron chi connectivity index (χ2n) is 8.88. The van der Waals surface area contributed by atoms with Crippen molar-refractivity contribution in [2.75, 3.05) is 48.3 Å². The number of ether oxygens (including phenoxy) is 1. The van der Waals surface area contributed by atoms with Crippen molar-refractivity contribution in [1.82, 2.24) is 10.3 Å². The lowest BCUT2D eigenvalue weighted by Crippen LogP contribution is -2.37. The number of aromatic amines is 1. The highest BCUT2D eigenvalue weighted by atomic mass is 31.2. The summed E-state index contributed by atoms with van der Waals surface area (Å²) in [4.78, 5) is 29.0. The van der Waals surface area contributed by atoms with Crippen LogP contribution in [0, 0.1) is 11.6 Å². The quantitative estimate of drug-likeness (QED) is 0.477.